The molecule has 0 saturated heterocycles. The highest BCUT2D eigenvalue weighted by atomic mass is 35.5. The molecule has 0 aliphatic heterocycles. The Hall–Kier alpha value is -3.14. The summed E-state index contributed by atoms with van der Waals surface area (Å²) in [6, 6.07) is 21.4. The summed E-state index contributed by atoms with van der Waals surface area (Å²) >= 11 is 7.45. The highest BCUT2D eigenvalue weighted by Gasteiger charge is 2.26. The molecule has 1 N–H and O–H groups in total. The molecule has 37 heavy (non-hydrogen) atoms. The number of aryl methyl sites for hydroxylation is 2. The van der Waals surface area contributed by atoms with Gasteiger partial charge in [-0.25, -0.2) is 8.42 Å². The minimum absolute atomic E-state index is 0.205. The summed E-state index contributed by atoms with van der Waals surface area (Å²) < 4.78 is 28.1. The molecule has 3 aromatic carbocycles. The van der Waals surface area contributed by atoms with Gasteiger partial charge in [0.1, 0.15) is 5.75 Å². The molecule has 0 saturated carbocycles. The largest absolute Gasteiger partial charge is 0.325 e. The number of hydrogen-bond acceptors (Lipinski definition) is 6. The smallest absolute Gasteiger partial charge is 0.237 e. The van der Waals surface area contributed by atoms with Crippen molar-refractivity contribution in [3.05, 3.63) is 94.8 Å². The Morgan fingerprint density at radius 1 is 1.03 bits per heavy atom. The van der Waals surface area contributed by atoms with E-state index in [2.05, 4.69) is 15.5 Å². The summed E-state index contributed by atoms with van der Waals surface area (Å²) in [5, 5.41) is 12.0. The van der Waals surface area contributed by atoms with Gasteiger partial charge in [0, 0.05) is 16.4 Å². The zero-order valence-corrected chi connectivity index (χ0v) is 23.1. The van der Waals surface area contributed by atoms with E-state index in [-0.39, 0.29) is 22.4 Å². The van der Waals surface area contributed by atoms with E-state index >= 15 is 0 Å². The number of halogens is 1. The maximum atomic E-state index is 13.2. The number of hydrogen-bond donors (Lipinski definition) is 1. The normalized spacial score (nSPS) is 12.3. The van der Waals surface area contributed by atoms with Crippen LogP contribution in [0.4, 0.5) is 5.69 Å². The summed E-state index contributed by atoms with van der Waals surface area (Å²) in [7, 11) is -3.67. The number of amides is 1. The van der Waals surface area contributed by atoms with Gasteiger partial charge in [-0.1, -0.05) is 72.2 Å². The lowest BCUT2D eigenvalue weighted by Gasteiger charge is -2.16. The summed E-state index contributed by atoms with van der Waals surface area (Å²) in [6.07, 6.45) is 0.523. The third kappa shape index (κ3) is 6.41. The van der Waals surface area contributed by atoms with E-state index in [0.29, 0.717) is 28.0 Å². The first-order chi connectivity index (χ1) is 17.7. The fourth-order valence-electron chi connectivity index (χ4n) is 3.65. The maximum Gasteiger partial charge on any atom is 0.237 e. The van der Waals surface area contributed by atoms with Crippen LogP contribution in [0.1, 0.15) is 30.3 Å². The Labute approximate surface area is 226 Å². The van der Waals surface area contributed by atoms with Gasteiger partial charge in [-0.15, -0.1) is 10.2 Å². The van der Waals surface area contributed by atoms with Gasteiger partial charge in [0.15, 0.2) is 20.8 Å². The van der Waals surface area contributed by atoms with E-state index in [1.165, 1.54) is 11.8 Å². The molecule has 4 aromatic rings. The molecular weight excluding hydrogens is 528 g/mol. The highest BCUT2D eigenvalue weighted by molar-refractivity contribution is 8.00. The van der Waals surface area contributed by atoms with Crippen molar-refractivity contribution in [2.75, 3.05) is 5.32 Å². The van der Waals surface area contributed by atoms with E-state index in [0.717, 1.165) is 11.1 Å². The van der Waals surface area contributed by atoms with Crippen LogP contribution in [0.2, 0.25) is 5.02 Å². The first-order valence-corrected chi connectivity index (χ1v) is 14.6. The van der Waals surface area contributed by atoms with Gasteiger partial charge in [-0.05, 0) is 62.2 Å². The quantitative estimate of drug-likeness (QED) is 0.254. The second kappa shape index (κ2) is 11.5. The lowest BCUT2D eigenvalue weighted by molar-refractivity contribution is -0.115. The van der Waals surface area contributed by atoms with Gasteiger partial charge in [0.2, 0.25) is 5.91 Å². The van der Waals surface area contributed by atoms with Crippen molar-refractivity contribution in [1.82, 2.24) is 14.8 Å². The van der Waals surface area contributed by atoms with Crippen molar-refractivity contribution in [2.45, 2.75) is 48.2 Å². The number of carbonyl (C=O) groups is 1. The van der Waals surface area contributed by atoms with Crippen LogP contribution >= 0.6 is 23.4 Å². The molecule has 0 aliphatic rings. The van der Waals surface area contributed by atoms with E-state index in [1.807, 2.05) is 57.2 Å². The molecule has 1 heterocycles. The molecule has 0 aliphatic carbocycles. The molecule has 7 nitrogen and oxygen atoms in total. The molecule has 192 valence electrons. The van der Waals surface area contributed by atoms with Crippen molar-refractivity contribution in [2.24, 2.45) is 0 Å². The lowest BCUT2D eigenvalue weighted by atomic mass is 10.2. The first-order valence-electron chi connectivity index (χ1n) is 11.7. The number of rotatable bonds is 9. The Balaban J connectivity index is 1.64. The number of benzene rings is 3. The summed E-state index contributed by atoms with van der Waals surface area (Å²) in [5.74, 6) is -0.262. The number of carbonyl (C=O) groups excluding carboxylic acids is 1. The number of aromatic nitrogens is 3. The van der Waals surface area contributed by atoms with Crippen molar-refractivity contribution >= 4 is 44.8 Å². The number of anilines is 1. The van der Waals surface area contributed by atoms with Gasteiger partial charge in [-0.2, -0.15) is 0 Å². The van der Waals surface area contributed by atoms with Gasteiger partial charge >= 0.3 is 0 Å². The SMILES string of the molecule is CCC(Sc1nnc(CS(=O)(=O)c2ccc(C)cc2)n1-c1ccccc1)C(=O)Nc1ccc(C)c(Cl)c1. The molecule has 0 bridgehead atoms. The highest BCUT2D eigenvalue weighted by Crippen LogP contribution is 2.30. The van der Waals surface area contributed by atoms with Crippen LogP contribution in [0.15, 0.2) is 82.8 Å². The van der Waals surface area contributed by atoms with Gasteiger partial charge in [0.25, 0.3) is 0 Å². The Morgan fingerprint density at radius 3 is 2.38 bits per heavy atom. The Bertz CT molecular complexity index is 1500. The standard InChI is InChI=1S/C27H27ClN4O3S2/c1-4-24(26(33)29-20-13-12-19(3)23(28)16-20)36-27-31-30-25(32(27)21-8-6-5-7-9-21)17-37(34,35)22-14-10-18(2)11-15-22/h5-16,24H,4,17H2,1-3H3,(H,29,33). The van der Waals surface area contributed by atoms with Gasteiger partial charge in [-0.3, -0.25) is 9.36 Å². The van der Waals surface area contributed by atoms with Crippen LogP contribution in [-0.2, 0) is 20.4 Å². The van der Waals surface area contributed by atoms with Crippen LogP contribution in [0.25, 0.3) is 5.69 Å². The van der Waals surface area contributed by atoms with Crippen molar-refractivity contribution in [1.29, 1.82) is 0 Å². The number of para-hydroxylation sites is 1. The van der Waals surface area contributed by atoms with Crippen molar-refractivity contribution in [3.63, 3.8) is 0 Å². The monoisotopic (exact) mass is 554 g/mol. The molecule has 10 heteroatoms. The molecular formula is C27H27ClN4O3S2. The van der Waals surface area contributed by atoms with E-state index in [1.54, 1.807) is 41.0 Å². The minimum atomic E-state index is -3.67. The molecule has 1 amide bonds. The fraction of sp³-hybridized carbons (Fsp3) is 0.222. The van der Waals surface area contributed by atoms with E-state index < -0.39 is 15.1 Å². The number of sulfone groups is 1. The van der Waals surface area contributed by atoms with Crippen LogP contribution < -0.4 is 5.32 Å². The number of nitrogens with one attached hydrogen (secondary N) is 1. The van der Waals surface area contributed by atoms with E-state index in [4.69, 9.17) is 11.6 Å². The van der Waals surface area contributed by atoms with Crippen molar-refractivity contribution in [3.8, 4) is 5.69 Å². The lowest BCUT2D eigenvalue weighted by Crippen LogP contribution is -2.25. The van der Waals surface area contributed by atoms with Crippen molar-refractivity contribution < 1.29 is 13.2 Å². The molecule has 1 aromatic heterocycles. The zero-order chi connectivity index (χ0) is 26.6. The zero-order valence-electron chi connectivity index (χ0n) is 20.7. The fourth-order valence-corrected chi connectivity index (χ4v) is 6.06. The van der Waals surface area contributed by atoms with Crippen LogP contribution in [0.3, 0.4) is 0 Å². The average Bonchev–Trinajstić information content (AvgIpc) is 3.26. The molecule has 4 rings (SSSR count). The molecule has 0 fully saturated rings. The van der Waals surface area contributed by atoms with Crippen LogP contribution in [-0.4, -0.2) is 34.3 Å². The predicted molar refractivity (Wildman–Crippen MR) is 148 cm³/mol. The third-order valence-corrected chi connectivity index (χ3v) is 9.11. The molecule has 1 atom stereocenters. The average molecular weight is 555 g/mol. The van der Waals surface area contributed by atoms with E-state index in [9.17, 15) is 13.2 Å². The van der Waals surface area contributed by atoms with Gasteiger partial charge in [0.05, 0.1) is 10.1 Å². The predicted octanol–water partition coefficient (Wildman–Crippen LogP) is 6.02. The Kier molecular flexibility index (Phi) is 8.36. The molecule has 0 radical (unpaired) electrons. The Morgan fingerprint density at radius 2 is 1.73 bits per heavy atom. The second-order valence-corrected chi connectivity index (χ2v) is 12.2. The van der Waals surface area contributed by atoms with Crippen LogP contribution in [0.5, 0.6) is 0 Å². The third-order valence-electron chi connectivity index (χ3n) is 5.76. The van der Waals surface area contributed by atoms with Crippen LogP contribution in [0, 0.1) is 13.8 Å². The maximum absolute atomic E-state index is 13.2. The number of nitrogens with zero attached hydrogens (tertiary/aromatic N) is 3. The van der Waals surface area contributed by atoms with Gasteiger partial charge < -0.3 is 5.32 Å². The summed E-state index contributed by atoms with van der Waals surface area (Å²) in [6.45, 7) is 5.71. The molecule has 0 spiro atoms. The summed E-state index contributed by atoms with van der Waals surface area (Å²) in [4.78, 5) is 13.3. The molecule has 1 unspecified atom stereocenters. The summed E-state index contributed by atoms with van der Waals surface area (Å²) in [5.41, 5.74) is 3.21. The second-order valence-electron chi connectivity index (χ2n) is 8.61. The number of thioether (sulfide) groups is 1. The topological polar surface area (TPSA) is 93.9 Å². The first kappa shape index (κ1) is 26.9. The minimum Gasteiger partial charge on any atom is -0.325 e.